The summed E-state index contributed by atoms with van der Waals surface area (Å²) in [4.78, 5) is 22.2. The fourth-order valence-corrected chi connectivity index (χ4v) is 1.64. The van der Waals surface area contributed by atoms with Crippen LogP contribution in [0.25, 0.3) is 0 Å². The lowest BCUT2D eigenvalue weighted by Gasteiger charge is -2.10. The minimum atomic E-state index is -0.130. The molecule has 0 saturated heterocycles. The van der Waals surface area contributed by atoms with Crippen molar-refractivity contribution in [3.05, 3.63) is 18.1 Å². The molecule has 1 saturated carbocycles. The highest BCUT2D eigenvalue weighted by molar-refractivity contribution is 5.92. The SMILES string of the molecule is CN(C)CCCNc1cnc(C(=O)NC2CC2)cn1. The third-order valence-electron chi connectivity index (χ3n) is 2.89. The topological polar surface area (TPSA) is 70.2 Å². The Labute approximate surface area is 113 Å². The fourth-order valence-electron chi connectivity index (χ4n) is 1.64. The van der Waals surface area contributed by atoms with E-state index < -0.39 is 0 Å². The first kappa shape index (κ1) is 13.7. The largest absolute Gasteiger partial charge is 0.369 e. The highest BCUT2D eigenvalue weighted by atomic mass is 16.2. The fraction of sp³-hybridized carbons (Fsp3) is 0.615. The van der Waals surface area contributed by atoms with Gasteiger partial charge in [0.05, 0.1) is 12.4 Å². The van der Waals surface area contributed by atoms with Gasteiger partial charge in [-0.25, -0.2) is 9.97 Å². The van der Waals surface area contributed by atoms with Gasteiger partial charge in [0.1, 0.15) is 11.5 Å². The Balaban J connectivity index is 1.75. The van der Waals surface area contributed by atoms with Crippen LogP contribution in [0.15, 0.2) is 12.4 Å². The molecule has 0 spiro atoms. The molecule has 0 bridgehead atoms. The molecular weight excluding hydrogens is 242 g/mol. The van der Waals surface area contributed by atoms with Crippen molar-refractivity contribution in [2.45, 2.75) is 25.3 Å². The van der Waals surface area contributed by atoms with Crippen LogP contribution in [-0.4, -0.2) is 54.0 Å². The van der Waals surface area contributed by atoms with E-state index in [2.05, 4.69) is 25.5 Å². The van der Waals surface area contributed by atoms with E-state index in [1.165, 1.54) is 6.20 Å². The molecule has 6 heteroatoms. The molecule has 1 aliphatic rings. The molecule has 0 aliphatic heterocycles. The molecule has 1 aliphatic carbocycles. The number of nitrogens with one attached hydrogen (secondary N) is 2. The van der Waals surface area contributed by atoms with Crippen molar-refractivity contribution in [3.8, 4) is 0 Å². The molecule has 1 fully saturated rings. The predicted molar refractivity (Wildman–Crippen MR) is 74.2 cm³/mol. The van der Waals surface area contributed by atoms with Crippen molar-refractivity contribution >= 4 is 11.7 Å². The third-order valence-corrected chi connectivity index (χ3v) is 2.89. The molecule has 1 heterocycles. The summed E-state index contributed by atoms with van der Waals surface area (Å²) in [5, 5.41) is 6.07. The summed E-state index contributed by atoms with van der Waals surface area (Å²) in [7, 11) is 4.10. The molecule has 0 radical (unpaired) electrons. The van der Waals surface area contributed by atoms with E-state index in [9.17, 15) is 4.79 Å². The maximum atomic E-state index is 11.7. The number of nitrogens with zero attached hydrogens (tertiary/aromatic N) is 3. The van der Waals surface area contributed by atoms with Gasteiger partial charge in [-0.15, -0.1) is 0 Å². The zero-order chi connectivity index (χ0) is 13.7. The zero-order valence-corrected chi connectivity index (χ0v) is 11.5. The number of amides is 1. The van der Waals surface area contributed by atoms with Crippen LogP contribution in [-0.2, 0) is 0 Å². The number of carbonyl (C=O) groups is 1. The molecule has 0 unspecified atom stereocenters. The lowest BCUT2D eigenvalue weighted by atomic mass is 10.4. The molecule has 0 atom stereocenters. The Bertz CT molecular complexity index is 414. The number of aromatic nitrogens is 2. The number of hydrogen-bond acceptors (Lipinski definition) is 5. The maximum Gasteiger partial charge on any atom is 0.271 e. The quantitative estimate of drug-likeness (QED) is 0.710. The number of rotatable bonds is 7. The van der Waals surface area contributed by atoms with Gasteiger partial charge in [0.25, 0.3) is 5.91 Å². The van der Waals surface area contributed by atoms with Crippen molar-refractivity contribution < 1.29 is 4.79 Å². The number of anilines is 1. The second-order valence-corrected chi connectivity index (χ2v) is 5.12. The normalized spacial score (nSPS) is 14.5. The average molecular weight is 263 g/mol. The van der Waals surface area contributed by atoms with Crippen LogP contribution in [0.3, 0.4) is 0 Å². The van der Waals surface area contributed by atoms with Gasteiger partial charge in [-0.1, -0.05) is 0 Å². The van der Waals surface area contributed by atoms with Gasteiger partial charge < -0.3 is 15.5 Å². The van der Waals surface area contributed by atoms with Crippen molar-refractivity contribution in [1.29, 1.82) is 0 Å². The summed E-state index contributed by atoms with van der Waals surface area (Å²) in [6, 6.07) is 0.345. The molecule has 19 heavy (non-hydrogen) atoms. The lowest BCUT2D eigenvalue weighted by molar-refractivity contribution is 0.0945. The summed E-state index contributed by atoms with van der Waals surface area (Å²) in [6.45, 7) is 1.88. The Morgan fingerprint density at radius 1 is 1.37 bits per heavy atom. The first-order valence-corrected chi connectivity index (χ1v) is 6.66. The molecule has 1 amide bonds. The third kappa shape index (κ3) is 4.82. The van der Waals surface area contributed by atoms with Crippen LogP contribution in [0, 0.1) is 0 Å². The van der Waals surface area contributed by atoms with Gasteiger partial charge >= 0.3 is 0 Å². The molecule has 1 aromatic heterocycles. The minimum absolute atomic E-state index is 0.130. The van der Waals surface area contributed by atoms with Crippen molar-refractivity contribution in [3.63, 3.8) is 0 Å². The summed E-state index contributed by atoms with van der Waals surface area (Å²) in [5.41, 5.74) is 0.380. The van der Waals surface area contributed by atoms with E-state index in [4.69, 9.17) is 0 Å². The Hall–Kier alpha value is -1.69. The van der Waals surface area contributed by atoms with Crippen LogP contribution >= 0.6 is 0 Å². The smallest absolute Gasteiger partial charge is 0.271 e. The lowest BCUT2D eigenvalue weighted by Crippen LogP contribution is -2.26. The van der Waals surface area contributed by atoms with Crippen LogP contribution < -0.4 is 10.6 Å². The van der Waals surface area contributed by atoms with Gasteiger partial charge in [0.15, 0.2) is 0 Å². The van der Waals surface area contributed by atoms with E-state index in [1.54, 1.807) is 6.20 Å². The molecule has 1 aromatic rings. The van der Waals surface area contributed by atoms with E-state index in [1.807, 2.05) is 14.1 Å². The van der Waals surface area contributed by atoms with Gasteiger partial charge in [0, 0.05) is 12.6 Å². The van der Waals surface area contributed by atoms with Gasteiger partial charge in [-0.3, -0.25) is 4.79 Å². The molecule has 2 N–H and O–H groups in total. The average Bonchev–Trinajstić information content (AvgIpc) is 3.19. The van der Waals surface area contributed by atoms with E-state index >= 15 is 0 Å². The van der Waals surface area contributed by atoms with E-state index in [0.29, 0.717) is 17.6 Å². The van der Waals surface area contributed by atoms with Crippen molar-refractivity contribution in [1.82, 2.24) is 20.2 Å². The predicted octanol–water partition coefficient (Wildman–Crippen LogP) is 0.732. The Kier molecular flexibility index (Phi) is 4.68. The maximum absolute atomic E-state index is 11.7. The summed E-state index contributed by atoms with van der Waals surface area (Å²) < 4.78 is 0. The Morgan fingerprint density at radius 3 is 2.74 bits per heavy atom. The van der Waals surface area contributed by atoms with Crippen LogP contribution in [0.4, 0.5) is 5.82 Å². The first-order chi connectivity index (χ1) is 9.15. The highest BCUT2D eigenvalue weighted by Crippen LogP contribution is 2.19. The number of carbonyl (C=O) groups excluding carboxylic acids is 1. The first-order valence-electron chi connectivity index (χ1n) is 6.66. The summed E-state index contributed by atoms with van der Waals surface area (Å²) in [5.74, 6) is 0.580. The standard InChI is InChI=1S/C13H21N5O/c1-18(2)7-3-6-14-12-9-15-11(8-16-12)13(19)17-10-4-5-10/h8-10H,3-7H2,1-2H3,(H,14,16)(H,17,19). The van der Waals surface area contributed by atoms with Gasteiger partial charge in [-0.2, -0.15) is 0 Å². The molecule has 6 nitrogen and oxygen atoms in total. The molecule has 2 rings (SSSR count). The van der Waals surface area contributed by atoms with Crippen molar-refractivity contribution in [2.75, 3.05) is 32.5 Å². The van der Waals surface area contributed by atoms with Crippen LogP contribution in [0.2, 0.25) is 0 Å². The summed E-state index contributed by atoms with van der Waals surface area (Å²) >= 11 is 0. The van der Waals surface area contributed by atoms with E-state index in [-0.39, 0.29) is 5.91 Å². The van der Waals surface area contributed by atoms with Crippen molar-refractivity contribution in [2.24, 2.45) is 0 Å². The second kappa shape index (κ2) is 6.47. The monoisotopic (exact) mass is 263 g/mol. The van der Waals surface area contributed by atoms with Crippen LogP contribution in [0.1, 0.15) is 29.8 Å². The van der Waals surface area contributed by atoms with Gasteiger partial charge in [0.2, 0.25) is 0 Å². The molecule has 0 aromatic carbocycles. The van der Waals surface area contributed by atoms with E-state index in [0.717, 1.165) is 32.4 Å². The second-order valence-electron chi connectivity index (χ2n) is 5.12. The van der Waals surface area contributed by atoms with Gasteiger partial charge in [-0.05, 0) is 39.9 Å². The number of hydrogen-bond donors (Lipinski definition) is 2. The Morgan fingerprint density at radius 2 is 2.16 bits per heavy atom. The summed E-state index contributed by atoms with van der Waals surface area (Å²) in [6.07, 6.45) is 6.32. The van der Waals surface area contributed by atoms with Crippen LogP contribution in [0.5, 0.6) is 0 Å². The highest BCUT2D eigenvalue weighted by Gasteiger charge is 2.24. The zero-order valence-electron chi connectivity index (χ0n) is 11.5. The molecular formula is C13H21N5O. The molecule has 104 valence electrons. The minimum Gasteiger partial charge on any atom is -0.369 e.